The lowest BCUT2D eigenvalue weighted by Gasteiger charge is -2.38. The van der Waals surface area contributed by atoms with Gasteiger partial charge in [0, 0.05) is 27.5 Å². The third-order valence-corrected chi connectivity index (χ3v) is 5.14. The van der Waals surface area contributed by atoms with Gasteiger partial charge in [-0.15, -0.1) is 0 Å². The minimum absolute atomic E-state index is 0.0687. The second-order valence-electron chi connectivity index (χ2n) is 7.39. The molecule has 0 bridgehead atoms. The largest absolute Gasteiger partial charge is 0.311 e. The second kappa shape index (κ2) is 6.89. The molecule has 3 heteroatoms. The van der Waals surface area contributed by atoms with E-state index in [4.69, 9.17) is 23.2 Å². The zero-order valence-corrected chi connectivity index (χ0v) is 14.9. The summed E-state index contributed by atoms with van der Waals surface area (Å²) in [7, 11) is 0. The molecule has 1 aliphatic carbocycles. The van der Waals surface area contributed by atoms with Crippen molar-refractivity contribution in [3.8, 4) is 0 Å². The zero-order valence-electron chi connectivity index (χ0n) is 13.4. The van der Waals surface area contributed by atoms with Crippen LogP contribution in [-0.2, 0) is 5.41 Å². The third-order valence-electron chi connectivity index (χ3n) is 4.51. The van der Waals surface area contributed by atoms with Gasteiger partial charge in [0.2, 0.25) is 0 Å². The van der Waals surface area contributed by atoms with Crippen LogP contribution in [0.3, 0.4) is 0 Å². The van der Waals surface area contributed by atoms with Crippen molar-refractivity contribution in [2.75, 3.05) is 6.54 Å². The summed E-state index contributed by atoms with van der Waals surface area (Å²) in [6.45, 7) is 7.59. The van der Waals surface area contributed by atoms with E-state index in [0.29, 0.717) is 0 Å². The van der Waals surface area contributed by atoms with E-state index in [1.165, 1.54) is 38.5 Å². The first-order chi connectivity index (χ1) is 9.84. The molecule has 0 spiro atoms. The standard InChI is InChI=1S/C18H27Cl2N/c1-17(2,3)21-13-18(11-6-4-5-7-12-18)16-14(19)9-8-10-15(16)20/h8-10,21H,4-7,11-13H2,1-3H3. The normalized spacial score (nSPS) is 19.3. The van der Waals surface area contributed by atoms with Crippen LogP contribution in [-0.4, -0.2) is 12.1 Å². The fourth-order valence-electron chi connectivity index (χ4n) is 3.36. The van der Waals surface area contributed by atoms with Crippen LogP contribution in [0.15, 0.2) is 18.2 Å². The minimum Gasteiger partial charge on any atom is -0.311 e. The van der Waals surface area contributed by atoms with Crippen molar-refractivity contribution in [3.63, 3.8) is 0 Å². The molecule has 0 radical (unpaired) electrons. The summed E-state index contributed by atoms with van der Waals surface area (Å²) in [6.07, 6.45) is 7.48. The highest BCUT2D eigenvalue weighted by atomic mass is 35.5. The summed E-state index contributed by atoms with van der Waals surface area (Å²) in [4.78, 5) is 0. The van der Waals surface area contributed by atoms with Gasteiger partial charge in [-0.3, -0.25) is 0 Å². The molecule has 0 atom stereocenters. The summed E-state index contributed by atoms with van der Waals surface area (Å²) in [5.74, 6) is 0. The molecule has 1 N–H and O–H groups in total. The van der Waals surface area contributed by atoms with Crippen LogP contribution >= 0.6 is 23.2 Å². The zero-order chi connectivity index (χ0) is 15.5. The highest BCUT2D eigenvalue weighted by Crippen LogP contribution is 2.44. The SMILES string of the molecule is CC(C)(C)NCC1(c2c(Cl)cccc2Cl)CCCCCC1. The number of hydrogen-bond acceptors (Lipinski definition) is 1. The van der Waals surface area contributed by atoms with Crippen LogP contribution in [0.1, 0.15) is 64.9 Å². The Bertz CT molecular complexity index is 448. The molecule has 1 saturated carbocycles. The van der Waals surface area contributed by atoms with Crippen molar-refractivity contribution in [2.24, 2.45) is 0 Å². The van der Waals surface area contributed by atoms with Gasteiger partial charge in [0.15, 0.2) is 0 Å². The first-order valence-corrected chi connectivity index (χ1v) is 8.79. The van der Waals surface area contributed by atoms with Crippen LogP contribution in [0.4, 0.5) is 0 Å². The summed E-state index contributed by atoms with van der Waals surface area (Å²) < 4.78 is 0. The number of rotatable bonds is 3. The Labute approximate surface area is 139 Å². The Hall–Kier alpha value is -0.240. The number of halogens is 2. The smallest absolute Gasteiger partial charge is 0.0459 e. The van der Waals surface area contributed by atoms with E-state index < -0.39 is 0 Å². The van der Waals surface area contributed by atoms with Crippen LogP contribution < -0.4 is 5.32 Å². The Morgan fingerprint density at radius 3 is 2.00 bits per heavy atom. The molecular formula is C18H27Cl2N. The fourth-order valence-corrected chi connectivity index (χ4v) is 4.16. The topological polar surface area (TPSA) is 12.0 Å². The third kappa shape index (κ3) is 4.37. The van der Waals surface area contributed by atoms with E-state index in [9.17, 15) is 0 Å². The number of nitrogens with one attached hydrogen (secondary N) is 1. The second-order valence-corrected chi connectivity index (χ2v) is 8.21. The molecule has 2 rings (SSSR count). The van der Waals surface area contributed by atoms with Crippen LogP contribution in [0.25, 0.3) is 0 Å². The molecule has 0 unspecified atom stereocenters. The molecule has 1 aliphatic rings. The lowest BCUT2D eigenvalue weighted by atomic mass is 9.73. The summed E-state index contributed by atoms with van der Waals surface area (Å²) in [6, 6.07) is 5.90. The van der Waals surface area contributed by atoms with Crippen molar-refractivity contribution in [1.29, 1.82) is 0 Å². The Balaban J connectivity index is 2.39. The van der Waals surface area contributed by atoms with E-state index in [0.717, 1.165) is 22.2 Å². The van der Waals surface area contributed by atoms with Gasteiger partial charge in [-0.2, -0.15) is 0 Å². The number of hydrogen-bond donors (Lipinski definition) is 1. The molecule has 21 heavy (non-hydrogen) atoms. The molecule has 1 aromatic carbocycles. The van der Waals surface area contributed by atoms with Crippen LogP contribution in [0, 0.1) is 0 Å². The lowest BCUT2D eigenvalue weighted by molar-refractivity contribution is 0.300. The molecule has 1 fully saturated rings. The molecule has 1 nitrogen and oxygen atoms in total. The lowest BCUT2D eigenvalue weighted by Crippen LogP contribution is -2.46. The van der Waals surface area contributed by atoms with Crippen LogP contribution in [0.2, 0.25) is 10.0 Å². The maximum Gasteiger partial charge on any atom is 0.0459 e. The average Bonchev–Trinajstić information content (AvgIpc) is 2.62. The molecule has 0 aromatic heterocycles. The van der Waals surface area contributed by atoms with Crippen molar-refractivity contribution in [2.45, 2.75) is 70.3 Å². The van der Waals surface area contributed by atoms with Crippen LogP contribution in [0.5, 0.6) is 0 Å². The maximum absolute atomic E-state index is 6.54. The fraction of sp³-hybridized carbons (Fsp3) is 0.667. The first kappa shape index (κ1) is 17.1. The van der Waals surface area contributed by atoms with E-state index in [1.807, 2.05) is 18.2 Å². The van der Waals surface area contributed by atoms with Gasteiger partial charge in [0.25, 0.3) is 0 Å². The van der Waals surface area contributed by atoms with Gasteiger partial charge in [0.1, 0.15) is 0 Å². The molecular weight excluding hydrogens is 301 g/mol. The monoisotopic (exact) mass is 327 g/mol. The van der Waals surface area contributed by atoms with Crippen molar-refractivity contribution in [1.82, 2.24) is 5.32 Å². The highest BCUT2D eigenvalue weighted by Gasteiger charge is 2.36. The predicted molar refractivity (Wildman–Crippen MR) is 93.6 cm³/mol. The van der Waals surface area contributed by atoms with E-state index in [1.54, 1.807) is 0 Å². The Morgan fingerprint density at radius 2 is 1.52 bits per heavy atom. The van der Waals surface area contributed by atoms with Gasteiger partial charge >= 0.3 is 0 Å². The summed E-state index contributed by atoms with van der Waals surface area (Å²) in [5.41, 5.74) is 1.33. The van der Waals surface area contributed by atoms with Gasteiger partial charge in [-0.05, 0) is 51.3 Å². The molecule has 0 aliphatic heterocycles. The molecule has 118 valence electrons. The highest BCUT2D eigenvalue weighted by molar-refractivity contribution is 6.36. The Morgan fingerprint density at radius 1 is 1.00 bits per heavy atom. The summed E-state index contributed by atoms with van der Waals surface area (Å²) in [5, 5.41) is 5.33. The quantitative estimate of drug-likeness (QED) is 0.674. The van der Waals surface area contributed by atoms with E-state index in [2.05, 4.69) is 26.1 Å². The van der Waals surface area contributed by atoms with Gasteiger partial charge in [-0.1, -0.05) is 55.0 Å². The summed E-state index contributed by atoms with van der Waals surface area (Å²) >= 11 is 13.1. The minimum atomic E-state index is 0.0687. The molecule has 0 heterocycles. The van der Waals surface area contributed by atoms with Gasteiger partial charge in [-0.25, -0.2) is 0 Å². The van der Waals surface area contributed by atoms with E-state index in [-0.39, 0.29) is 11.0 Å². The predicted octanol–water partition coefficient (Wildman–Crippen LogP) is 5.97. The first-order valence-electron chi connectivity index (χ1n) is 8.04. The average molecular weight is 328 g/mol. The maximum atomic E-state index is 6.54. The molecule has 0 saturated heterocycles. The van der Waals surface area contributed by atoms with E-state index >= 15 is 0 Å². The van der Waals surface area contributed by atoms with Crippen molar-refractivity contribution >= 4 is 23.2 Å². The molecule has 0 amide bonds. The number of benzene rings is 1. The van der Waals surface area contributed by atoms with Gasteiger partial charge < -0.3 is 5.32 Å². The van der Waals surface area contributed by atoms with Crippen molar-refractivity contribution < 1.29 is 0 Å². The molecule has 1 aromatic rings. The van der Waals surface area contributed by atoms with Gasteiger partial charge in [0.05, 0.1) is 0 Å². The van der Waals surface area contributed by atoms with Crippen molar-refractivity contribution in [3.05, 3.63) is 33.8 Å². The Kier molecular flexibility index (Phi) is 5.62.